The number of rotatable bonds is 15. The first kappa shape index (κ1) is 29.0. The number of carbonyl (C=O) groups excluding carboxylic acids is 3. The van der Waals surface area contributed by atoms with Gasteiger partial charge in [0.1, 0.15) is 18.1 Å². The predicted octanol–water partition coefficient (Wildman–Crippen LogP) is -1.69. The van der Waals surface area contributed by atoms with E-state index in [0.29, 0.717) is 11.4 Å². The van der Waals surface area contributed by atoms with E-state index >= 15 is 0 Å². The molecule has 2 aromatic heterocycles. The molecule has 37 heavy (non-hydrogen) atoms. The van der Waals surface area contributed by atoms with Crippen molar-refractivity contribution in [2.24, 2.45) is 11.7 Å². The summed E-state index contributed by atoms with van der Waals surface area (Å²) in [6.45, 7) is 3.52. The van der Waals surface area contributed by atoms with Gasteiger partial charge in [0.15, 0.2) is 0 Å². The van der Waals surface area contributed by atoms with Crippen molar-refractivity contribution >= 4 is 29.7 Å². The van der Waals surface area contributed by atoms with Gasteiger partial charge in [0.2, 0.25) is 17.7 Å². The number of hydrogen-bond acceptors (Lipinski definition) is 8. The first-order valence-electron chi connectivity index (χ1n) is 11.5. The lowest BCUT2D eigenvalue weighted by Crippen LogP contribution is -2.58. The number of hydrogen-bond donors (Lipinski definition) is 8. The minimum absolute atomic E-state index is 0.0686. The molecular weight excluding hydrogens is 488 g/mol. The molecule has 9 N–H and O–H groups in total. The van der Waals surface area contributed by atoms with Crippen LogP contribution < -0.4 is 21.7 Å². The highest BCUT2D eigenvalue weighted by Gasteiger charge is 2.32. The van der Waals surface area contributed by atoms with Crippen LogP contribution in [0.3, 0.4) is 0 Å². The third-order valence-electron chi connectivity index (χ3n) is 5.28. The molecule has 0 aromatic carbocycles. The van der Waals surface area contributed by atoms with Crippen LogP contribution >= 0.6 is 0 Å². The summed E-state index contributed by atoms with van der Waals surface area (Å²) in [7, 11) is 0. The normalized spacial score (nSPS) is 14.3. The molecule has 0 aliphatic rings. The van der Waals surface area contributed by atoms with Crippen LogP contribution in [-0.4, -0.2) is 84.0 Å². The summed E-state index contributed by atoms with van der Waals surface area (Å²) in [6.07, 6.45) is 5.07. The summed E-state index contributed by atoms with van der Waals surface area (Å²) in [5.41, 5.74) is 7.04. The smallest absolute Gasteiger partial charge is 0.326 e. The fourth-order valence-corrected chi connectivity index (χ4v) is 3.45. The molecule has 4 unspecified atom stereocenters. The maximum absolute atomic E-state index is 13.1. The largest absolute Gasteiger partial charge is 0.481 e. The second kappa shape index (κ2) is 13.7. The van der Waals surface area contributed by atoms with E-state index in [4.69, 9.17) is 5.73 Å². The average Bonchev–Trinajstić information content (AvgIpc) is 3.51. The maximum atomic E-state index is 13.1. The highest BCUT2D eigenvalue weighted by molar-refractivity contribution is 5.95. The molecule has 0 radical (unpaired) electrons. The minimum atomic E-state index is -1.60. The van der Waals surface area contributed by atoms with Gasteiger partial charge in [-0.25, -0.2) is 14.8 Å². The van der Waals surface area contributed by atoms with Crippen LogP contribution in [0.5, 0.6) is 0 Å². The Bertz CT molecular complexity index is 1060. The fourth-order valence-electron chi connectivity index (χ4n) is 3.45. The molecule has 3 amide bonds. The van der Waals surface area contributed by atoms with Crippen molar-refractivity contribution in [1.82, 2.24) is 35.9 Å². The molecule has 202 valence electrons. The zero-order valence-corrected chi connectivity index (χ0v) is 20.4. The highest BCUT2D eigenvalue weighted by Crippen LogP contribution is 2.07. The number of H-pyrrole nitrogens is 2. The lowest BCUT2D eigenvalue weighted by Gasteiger charge is -2.24. The molecule has 2 heterocycles. The first-order chi connectivity index (χ1) is 17.5. The second-order valence-corrected chi connectivity index (χ2v) is 8.92. The van der Waals surface area contributed by atoms with Crippen LogP contribution in [0.1, 0.15) is 38.1 Å². The number of amides is 3. The van der Waals surface area contributed by atoms with Crippen LogP contribution in [-0.2, 0) is 36.8 Å². The molecule has 0 aliphatic heterocycles. The molecule has 0 saturated carbocycles. The Hall–Kier alpha value is -4.27. The van der Waals surface area contributed by atoms with Crippen molar-refractivity contribution in [3.63, 3.8) is 0 Å². The van der Waals surface area contributed by atoms with E-state index < -0.39 is 60.2 Å². The Morgan fingerprint density at radius 1 is 0.838 bits per heavy atom. The van der Waals surface area contributed by atoms with Crippen LogP contribution in [0.4, 0.5) is 0 Å². The van der Waals surface area contributed by atoms with E-state index in [0.717, 1.165) is 0 Å². The van der Waals surface area contributed by atoms with E-state index in [9.17, 15) is 34.2 Å². The average molecular weight is 521 g/mol. The van der Waals surface area contributed by atoms with Gasteiger partial charge in [-0.2, -0.15) is 0 Å². The Labute approximate surface area is 212 Å². The number of nitrogens with one attached hydrogen (secondary N) is 5. The molecule has 0 bridgehead atoms. The third kappa shape index (κ3) is 9.71. The van der Waals surface area contributed by atoms with E-state index in [-0.39, 0.29) is 25.2 Å². The van der Waals surface area contributed by atoms with Crippen molar-refractivity contribution in [2.75, 3.05) is 0 Å². The number of imidazole rings is 2. The Morgan fingerprint density at radius 2 is 1.35 bits per heavy atom. The van der Waals surface area contributed by atoms with Gasteiger partial charge in [-0.3, -0.25) is 19.2 Å². The molecule has 2 aromatic rings. The monoisotopic (exact) mass is 520 g/mol. The number of carboxylic acids is 2. The van der Waals surface area contributed by atoms with Crippen LogP contribution in [0.15, 0.2) is 25.0 Å². The zero-order chi connectivity index (χ0) is 27.5. The lowest BCUT2D eigenvalue weighted by molar-refractivity contribution is -0.144. The number of aliphatic carboxylic acids is 2. The maximum Gasteiger partial charge on any atom is 0.326 e. The molecule has 15 heteroatoms. The Morgan fingerprint density at radius 3 is 1.84 bits per heavy atom. The van der Waals surface area contributed by atoms with Crippen molar-refractivity contribution in [1.29, 1.82) is 0 Å². The molecule has 15 nitrogen and oxygen atoms in total. The second-order valence-electron chi connectivity index (χ2n) is 8.92. The molecule has 0 spiro atoms. The molecule has 0 fully saturated rings. The van der Waals surface area contributed by atoms with E-state index in [1.54, 1.807) is 13.8 Å². The van der Waals surface area contributed by atoms with Gasteiger partial charge < -0.3 is 41.9 Å². The van der Waals surface area contributed by atoms with Gasteiger partial charge in [0.25, 0.3) is 0 Å². The fraction of sp³-hybridized carbons (Fsp3) is 0.500. The number of nitrogens with zero attached hydrogens (tertiary/aromatic N) is 2. The summed E-state index contributed by atoms with van der Waals surface area (Å²) >= 11 is 0. The van der Waals surface area contributed by atoms with Gasteiger partial charge in [0.05, 0.1) is 25.1 Å². The van der Waals surface area contributed by atoms with E-state index in [1.165, 1.54) is 25.0 Å². The van der Waals surface area contributed by atoms with Gasteiger partial charge in [-0.1, -0.05) is 13.8 Å². The topological polar surface area (TPSA) is 245 Å². The number of aromatic nitrogens is 4. The highest BCUT2D eigenvalue weighted by atomic mass is 16.4. The Balaban J connectivity index is 2.17. The van der Waals surface area contributed by atoms with Crippen molar-refractivity contribution in [3.8, 4) is 0 Å². The summed E-state index contributed by atoms with van der Waals surface area (Å²) in [5.74, 6) is -5.28. The van der Waals surface area contributed by atoms with Crippen LogP contribution in [0.25, 0.3) is 0 Å². The van der Waals surface area contributed by atoms with Crippen molar-refractivity contribution in [2.45, 2.75) is 63.7 Å². The Kier molecular flexibility index (Phi) is 10.7. The van der Waals surface area contributed by atoms with Gasteiger partial charge in [-0.15, -0.1) is 0 Å². The van der Waals surface area contributed by atoms with E-state index in [2.05, 4.69) is 35.9 Å². The number of carboxylic acid groups (broad SMARTS) is 2. The quantitative estimate of drug-likeness (QED) is 0.132. The van der Waals surface area contributed by atoms with Gasteiger partial charge in [0, 0.05) is 36.6 Å². The first-order valence-corrected chi connectivity index (χ1v) is 11.5. The standard InChI is InChI=1S/C22H32N8O7/c1-11(2)3-17(22(36)37)30-21(35)16(6-18(31)32)29-20(34)15(5-13-8-25-10-27-13)28-19(33)14(23)4-12-7-24-9-26-12/h7-11,14-17H,3-6,23H2,1-2H3,(H,24,26)(H,25,27)(H,28,33)(H,29,34)(H,30,35)(H,31,32)(H,36,37). The van der Waals surface area contributed by atoms with E-state index in [1.807, 2.05) is 0 Å². The number of nitrogens with two attached hydrogens (primary N) is 1. The van der Waals surface area contributed by atoms with Crippen LogP contribution in [0.2, 0.25) is 0 Å². The summed E-state index contributed by atoms with van der Waals surface area (Å²) < 4.78 is 0. The third-order valence-corrected chi connectivity index (χ3v) is 5.28. The van der Waals surface area contributed by atoms with Crippen LogP contribution in [0, 0.1) is 5.92 Å². The van der Waals surface area contributed by atoms with Crippen molar-refractivity contribution < 1.29 is 34.2 Å². The van der Waals surface area contributed by atoms with Crippen molar-refractivity contribution in [3.05, 3.63) is 36.4 Å². The SMILES string of the molecule is CC(C)CC(NC(=O)C(CC(=O)O)NC(=O)C(Cc1cnc[nH]1)NC(=O)C(N)Cc1cnc[nH]1)C(=O)O. The van der Waals surface area contributed by atoms with Gasteiger partial charge in [-0.05, 0) is 12.3 Å². The summed E-state index contributed by atoms with van der Waals surface area (Å²) in [5, 5.41) is 25.8. The minimum Gasteiger partial charge on any atom is -0.481 e. The molecule has 0 aliphatic carbocycles. The number of carbonyl (C=O) groups is 5. The number of aromatic amines is 2. The molecule has 0 saturated heterocycles. The molecule has 4 atom stereocenters. The summed E-state index contributed by atoms with van der Waals surface area (Å²) in [4.78, 5) is 74.9. The summed E-state index contributed by atoms with van der Waals surface area (Å²) in [6, 6.07) is -5.17. The van der Waals surface area contributed by atoms with Gasteiger partial charge >= 0.3 is 11.9 Å². The lowest BCUT2D eigenvalue weighted by atomic mass is 10.0. The molecular formula is C22H32N8O7. The molecule has 2 rings (SSSR count). The predicted molar refractivity (Wildman–Crippen MR) is 128 cm³/mol. The zero-order valence-electron chi connectivity index (χ0n) is 20.4.